The maximum atomic E-state index is 13.6. The molecule has 2 aromatic rings. The number of aliphatic hydroxyl groups excluding tert-OH is 1. The van der Waals surface area contributed by atoms with Crippen LogP contribution in [0.4, 0.5) is 14.5 Å². The second-order valence-corrected chi connectivity index (χ2v) is 8.04. The van der Waals surface area contributed by atoms with Gasteiger partial charge in [-0.2, -0.15) is 0 Å². The maximum absolute atomic E-state index is 13.6. The Hall–Kier alpha value is -1.69. The largest absolute Gasteiger partial charge is 0.387 e. The number of hydrogen-bond donors (Lipinski definition) is 1. The van der Waals surface area contributed by atoms with E-state index in [1.807, 2.05) is 18.2 Å². The summed E-state index contributed by atoms with van der Waals surface area (Å²) in [6.45, 7) is 2.35. The van der Waals surface area contributed by atoms with Gasteiger partial charge in [-0.05, 0) is 74.4 Å². The highest BCUT2D eigenvalue weighted by Crippen LogP contribution is 2.46. The minimum atomic E-state index is -0.936. The molecule has 2 aromatic carbocycles. The lowest BCUT2D eigenvalue weighted by Crippen LogP contribution is -2.37. The van der Waals surface area contributed by atoms with Gasteiger partial charge >= 0.3 is 0 Å². The first kappa shape index (κ1) is 18.7. The fourth-order valence-corrected chi connectivity index (χ4v) is 4.64. The number of aliphatic hydroxyl groups is 1. The number of hydrogen-bond acceptors (Lipinski definition) is 3. The van der Waals surface area contributed by atoms with Crippen molar-refractivity contribution in [1.29, 1.82) is 0 Å². The SMILES string of the molecule is CN1CCC2c3cc(Cl)ccc3N(CC(O)c3ccc(F)c(F)c3)C2CC1. The Morgan fingerprint density at radius 2 is 1.89 bits per heavy atom. The summed E-state index contributed by atoms with van der Waals surface area (Å²) < 4.78 is 26.8. The predicted molar refractivity (Wildman–Crippen MR) is 103 cm³/mol. The van der Waals surface area contributed by atoms with Crippen LogP contribution in [0.2, 0.25) is 5.02 Å². The van der Waals surface area contributed by atoms with Crippen LogP contribution in [-0.4, -0.2) is 42.7 Å². The van der Waals surface area contributed by atoms with Gasteiger partial charge in [0.05, 0.1) is 6.10 Å². The van der Waals surface area contributed by atoms with E-state index in [0.717, 1.165) is 43.8 Å². The van der Waals surface area contributed by atoms with Crippen molar-refractivity contribution >= 4 is 17.3 Å². The molecule has 2 aliphatic heterocycles. The maximum Gasteiger partial charge on any atom is 0.159 e. The molecular weight excluding hydrogens is 370 g/mol. The Morgan fingerprint density at radius 1 is 1.11 bits per heavy atom. The minimum Gasteiger partial charge on any atom is -0.387 e. The topological polar surface area (TPSA) is 26.7 Å². The van der Waals surface area contributed by atoms with E-state index in [9.17, 15) is 13.9 Å². The highest BCUT2D eigenvalue weighted by atomic mass is 35.5. The standard InChI is InChI=1S/C21H23ClF2N2O/c1-25-8-6-15-16-11-14(22)3-5-19(16)26(20(15)7-9-25)12-21(27)13-2-4-17(23)18(24)10-13/h2-5,10-11,15,20-21,27H,6-9,12H2,1H3. The third-order valence-corrected chi connectivity index (χ3v) is 6.12. The first-order valence-corrected chi connectivity index (χ1v) is 9.69. The van der Waals surface area contributed by atoms with Crippen molar-refractivity contribution in [1.82, 2.24) is 4.90 Å². The van der Waals surface area contributed by atoms with E-state index < -0.39 is 17.7 Å². The molecule has 3 atom stereocenters. The molecule has 0 aliphatic carbocycles. The van der Waals surface area contributed by atoms with Crippen molar-refractivity contribution in [3.8, 4) is 0 Å². The average Bonchev–Trinajstić information content (AvgIpc) is 2.78. The molecule has 3 unspecified atom stereocenters. The Labute approximate surface area is 163 Å². The van der Waals surface area contributed by atoms with Gasteiger partial charge in [0.25, 0.3) is 0 Å². The van der Waals surface area contributed by atoms with Crippen molar-refractivity contribution in [3.05, 3.63) is 64.2 Å². The molecule has 0 amide bonds. The van der Waals surface area contributed by atoms with Crippen molar-refractivity contribution in [2.24, 2.45) is 0 Å². The quantitative estimate of drug-likeness (QED) is 0.841. The molecule has 2 heterocycles. The van der Waals surface area contributed by atoms with E-state index >= 15 is 0 Å². The summed E-state index contributed by atoms with van der Waals surface area (Å²) >= 11 is 6.25. The van der Waals surface area contributed by atoms with Crippen molar-refractivity contribution in [2.75, 3.05) is 31.6 Å². The van der Waals surface area contributed by atoms with Crippen LogP contribution in [0.15, 0.2) is 36.4 Å². The summed E-state index contributed by atoms with van der Waals surface area (Å²) in [6, 6.07) is 9.77. The summed E-state index contributed by atoms with van der Waals surface area (Å²) in [5, 5.41) is 11.4. The zero-order valence-electron chi connectivity index (χ0n) is 15.2. The van der Waals surface area contributed by atoms with Crippen LogP contribution in [0, 0.1) is 11.6 Å². The molecule has 6 heteroatoms. The molecule has 144 valence electrons. The van der Waals surface area contributed by atoms with Crippen LogP contribution in [0.1, 0.15) is 36.0 Å². The third kappa shape index (κ3) is 3.56. The third-order valence-electron chi connectivity index (χ3n) is 5.89. The Bertz CT molecular complexity index is 847. The van der Waals surface area contributed by atoms with Gasteiger partial charge in [0, 0.05) is 29.2 Å². The van der Waals surface area contributed by atoms with Crippen molar-refractivity contribution < 1.29 is 13.9 Å². The average molecular weight is 393 g/mol. The minimum absolute atomic E-state index is 0.267. The summed E-state index contributed by atoms with van der Waals surface area (Å²) in [5.74, 6) is -1.48. The number of fused-ring (bicyclic) bond motifs is 3. The molecule has 1 fully saturated rings. The number of β-amino-alcohol motifs (C(OH)–C–C–N with tert-alkyl or cyclic N) is 1. The molecular formula is C21H23ClF2N2O. The highest BCUT2D eigenvalue weighted by Gasteiger charge is 2.40. The predicted octanol–water partition coefficient (Wildman–Crippen LogP) is 4.35. The van der Waals surface area contributed by atoms with Gasteiger partial charge in [-0.25, -0.2) is 8.78 Å². The van der Waals surface area contributed by atoms with Gasteiger partial charge in [-0.3, -0.25) is 0 Å². The van der Waals surface area contributed by atoms with Crippen LogP contribution >= 0.6 is 11.6 Å². The van der Waals surface area contributed by atoms with E-state index in [2.05, 4.69) is 16.8 Å². The lowest BCUT2D eigenvalue weighted by Gasteiger charge is -2.31. The van der Waals surface area contributed by atoms with Crippen LogP contribution in [0.5, 0.6) is 0 Å². The summed E-state index contributed by atoms with van der Waals surface area (Å²) in [7, 11) is 2.13. The number of rotatable bonds is 3. The molecule has 1 saturated heterocycles. The lowest BCUT2D eigenvalue weighted by molar-refractivity contribution is 0.179. The molecule has 0 aromatic heterocycles. The normalized spacial score (nSPS) is 23.7. The number of benzene rings is 2. The van der Waals surface area contributed by atoms with Gasteiger partial charge in [0.1, 0.15) is 0 Å². The second-order valence-electron chi connectivity index (χ2n) is 7.60. The van der Waals surface area contributed by atoms with Crippen LogP contribution in [-0.2, 0) is 0 Å². The monoisotopic (exact) mass is 392 g/mol. The molecule has 2 aliphatic rings. The lowest BCUT2D eigenvalue weighted by atomic mass is 9.91. The van der Waals surface area contributed by atoms with Crippen LogP contribution in [0.25, 0.3) is 0 Å². The Kier molecular flexibility index (Phi) is 5.10. The van der Waals surface area contributed by atoms with E-state index in [-0.39, 0.29) is 6.04 Å². The molecule has 4 rings (SSSR count). The van der Waals surface area contributed by atoms with Crippen molar-refractivity contribution in [3.63, 3.8) is 0 Å². The molecule has 0 radical (unpaired) electrons. The Balaban J connectivity index is 1.65. The fraction of sp³-hybridized carbons (Fsp3) is 0.429. The summed E-state index contributed by atoms with van der Waals surface area (Å²) in [4.78, 5) is 4.55. The number of nitrogens with zero attached hydrogens (tertiary/aromatic N) is 2. The zero-order chi connectivity index (χ0) is 19.1. The first-order valence-electron chi connectivity index (χ1n) is 9.31. The molecule has 3 nitrogen and oxygen atoms in total. The molecule has 27 heavy (non-hydrogen) atoms. The van der Waals surface area contributed by atoms with E-state index in [4.69, 9.17) is 11.6 Å². The summed E-state index contributed by atoms with van der Waals surface area (Å²) in [6.07, 6.45) is 1.12. The van der Waals surface area contributed by atoms with Gasteiger partial charge in [0.2, 0.25) is 0 Å². The first-order chi connectivity index (χ1) is 12.9. The van der Waals surface area contributed by atoms with Gasteiger partial charge in [0.15, 0.2) is 11.6 Å². The highest BCUT2D eigenvalue weighted by molar-refractivity contribution is 6.30. The molecule has 0 saturated carbocycles. The van der Waals surface area contributed by atoms with Gasteiger partial charge in [-0.1, -0.05) is 17.7 Å². The number of halogens is 3. The molecule has 0 bridgehead atoms. The summed E-state index contributed by atoms with van der Waals surface area (Å²) in [5.41, 5.74) is 2.69. The number of anilines is 1. The van der Waals surface area contributed by atoms with Crippen LogP contribution in [0.3, 0.4) is 0 Å². The molecule has 0 spiro atoms. The van der Waals surface area contributed by atoms with Gasteiger partial charge < -0.3 is 14.9 Å². The molecule has 1 N–H and O–H groups in total. The number of likely N-dealkylation sites (tertiary alicyclic amines) is 1. The van der Waals surface area contributed by atoms with Crippen LogP contribution < -0.4 is 4.90 Å². The second kappa shape index (κ2) is 7.38. The fourth-order valence-electron chi connectivity index (χ4n) is 4.46. The smallest absolute Gasteiger partial charge is 0.159 e. The van der Waals surface area contributed by atoms with E-state index in [1.165, 1.54) is 11.6 Å². The van der Waals surface area contributed by atoms with Gasteiger partial charge in [-0.15, -0.1) is 0 Å². The zero-order valence-corrected chi connectivity index (χ0v) is 16.0. The van der Waals surface area contributed by atoms with Crippen molar-refractivity contribution in [2.45, 2.75) is 30.9 Å². The Morgan fingerprint density at radius 3 is 2.67 bits per heavy atom. The van der Waals surface area contributed by atoms with E-state index in [0.29, 0.717) is 23.0 Å². The van der Waals surface area contributed by atoms with E-state index in [1.54, 1.807) is 0 Å².